The molecule has 2 aliphatic heterocycles. The minimum atomic E-state index is -0.498. The minimum Gasteiger partial charge on any atom is -0.369 e. The van der Waals surface area contributed by atoms with E-state index in [4.69, 9.17) is 23.8 Å². The molecule has 1 fully saturated rings. The van der Waals surface area contributed by atoms with Crippen LogP contribution in [-0.2, 0) is 9.59 Å². The largest absolute Gasteiger partial charge is 0.369 e. The Labute approximate surface area is 199 Å². The van der Waals surface area contributed by atoms with E-state index in [-0.39, 0.29) is 16.2 Å². The van der Waals surface area contributed by atoms with Crippen LogP contribution < -0.4 is 15.1 Å². The van der Waals surface area contributed by atoms with Gasteiger partial charge in [0, 0.05) is 23.3 Å². The van der Waals surface area contributed by atoms with Crippen LogP contribution in [0.1, 0.15) is 49.8 Å². The number of fused-ring (bicyclic) bond motifs is 1. The van der Waals surface area contributed by atoms with Crippen LogP contribution in [0.25, 0.3) is 6.08 Å². The maximum absolute atomic E-state index is 13.3. The van der Waals surface area contributed by atoms with Gasteiger partial charge in [-0.3, -0.25) is 19.8 Å². The number of carbonyl (C=O) groups excluding carboxylic acids is 2. The summed E-state index contributed by atoms with van der Waals surface area (Å²) in [6.07, 6.45) is 2.69. The number of halogens is 1. The molecule has 1 saturated heterocycles. The summed E-state index contributed by atoms with van der Waals surface area (Å²) < 4.78 is 0. The Kier molecular flexibility index (Phi) is 5.63. The van der Waals surface area contributed by atoms with Gasteiger partial charge < -0.3 is 4.90 Å². The van der Waals surface area contributed by atoms with Crippen LogP contribution in [0.3, 0.4) is 0 Å². The van der Waals surface area contributed by atoms with Gasteiger partial charge >= 0.3 is 0 Å². The van der Waals surface area contributed by atoms with Crippen molar-refractivity contribution < 1.29 is 9.59 Å². The Morgan fingerprint density at radius 2 is 1.94 bits per heavy atom. The van der Waals surface area contributed by atoms with Crippen LogP contribution >= 0.6 is 23.8 Å². The first-order valence-corrected chi connectivity index (χ1v) is 11.3. The summed E-state index contributed by atoms with van der Waals surface area (Å²) in [7, 11) is 2.12. The third kappa shape index (κ3) is 3.82. The number of aryl methyl sites for hydroxylation is 1. The van der Waals surface area contributed by atoms with Crippen LogP contribution in [0, 0.1) is 6.92 Å². The maximum Gasteiger partial charge on any atom is 0.270 e. The molecule has 4 rings (SSSR count). The molecule has 0 radical (unpaired) electrons. The van der Waals surface area contributed by atoms with E-state index >= 15 is 0 Å². The summed E-state index contributed by atoms with van der Waals surface area (Å²) in [6, 6.07) is 11.1. The highest BCUT2D eigenvalue weighted by atomic mass is 35.5. The molecule has 2 heterocycles. The molecule has 166 valence electrons. The second-order valence-corrected chi connectivity index (χ2v) is 10.0. The number of anilines is 2. The molecule has 1 unspecified atom stereocenters. The van der Waals surface area contributed by atoms with Crippen molar-refractivity contribution in [2.75, 3.05) is 16.8 Å². The quantitative estimate of drug-likeness (QED) is 0.374. The number of rotatable bonds is 2. The first-order chi connectivity index (χ1) is 15.0. The van der Waals surface area contributed by atoms with E-state index in [0.29, 0.717) is 16.6 Å². The third-order valence-electron chi connectivity index (χ3n) is 6.49. The van der Waals surface area contributed by atoms with Crippen molar-refractivity contribution in [3.63, 3.8) is 0 Å². The lowest BCUT2D eigenvalue weighted by molar-refractivity contribution is -0.122. The highest BCUT2D eigenvalue weighted by Crippen LogP contribution is 2.43. The average Bonchev–Trinajstić information content (AvgIpc) is 2.69. The van der Waals surface area contributed by atoms with Crippen molar-refractivity contribution in [2.24, 2.45) is 0 Å². The van der Waals surface area contributed by atoms with Gasteiger partial charge in [-0.25, -0.2) is 0 Å². The number of thiocarbonyl (C=S) groups is 1. The van der Waals surface area contributed by atoms with Crippen molar-refractivity contribution in [1.82, 2.24) is 5.32 Å². The van der Waals surface area contributed by atoms with Gasteiger partial charge in [0.2, 0.25) is 0 Å². The molecule has 1 atom stereocenters. The Hall–Kier alpha value is -2.70. The third-order valence-corrected chi connectivity index (χ3v) is 7.01. The van der Waals surface area contributed by atoms with Crippen molar-refractivity contribution >= 4 is 58.2 Å². The summed E-state index contributed by atoms with van der Waals surface area (Å²) in [5.41, 5.74) is 4.87. The normalized spacial score (nSPS) is 21.6. The fraction of sp³-hybridized carbons (Fsp3) is 0.320. The molecule has 7 heteroatoms. The van der Waals surface area contributed by atoms with Gasteiger partial charge in [0.1, 0.15) is 5.57 Å². The Morgan fingerprint density at radius 1 is 1.22 bits per heavy atom. The van der Waals surface area contributed by atoms with Crippen LogP contribution in [-0.4, -0.2) is 29.5 Å². The van der Waals surface area contributed by atoms with Crippen LogP contribution in [0.5, 0.6) is 0 Å². The molecule has 2 aromatic rings. The molecule has 0 spiro atoms. The molecule has 2 amide bonds. The fourth-order valence-corrected chi connectivity index (χ4v) is 5.02. The van der Waals surface area contributed by atoms with Crippen molar-refractivity contribution in [1.29, 1.82) is 0 Å². The number of amides is 2. The number of carbonyl (C=O) groups is 2. The summed E-state index contributed by atoms with van der Waals surface area (Å²) in [5.74, 6) is -0.605. The zero-order valence-electron chi connectivity index (χ0n) is 18.8. The number of nitrogens with one attached hydrogen (secondary N) is 1. The second-order valence-electron chi connectivity index (χ2n) is 9.18. The fourth-order valence-electron chi connectivity index (χ4n) is 4.55. The maximum atomic E-state index is 13.3. The summed E-state index contributed by atoms with van der Waals surface area (Å²) >= 11 is 11.4. The predicted molar refractivity (Wildman–Crippen MR) is 134 cm³/mol. The number of nitrogens with zero attached hydrogens (tertiary/aromatic N) is 2. The molecule has 0 saturated carbocycles. The number of hydrogen-bond acceptors (Lipinski definition) is 4. The summed E-state index contributed by atoms with van der Waals surface area (Å²) in [6.45, 7) is 8.71. The second kappa shape index (κ2) is 8.01. The van der Waals surface area contributed by atoms with E-state index in [0.717, 1.165) is 17.5 Å². The molecule has 2 aliphatic rings. The van der Waals surface area contributed by atoms with Gasteiger partial charge in [-0.1, -0.05) is 24.6 Å². The zero-order chi connectivity index (χ0) is 23.4. The van der Waals surface area contributed by atoms with E-state index in [1.165, 1.54) is 16.2 Å². The van der Waals surface area contributed by atoms with Gasteiger partial charge in [0.15, 0.2) is 5.11 Å². The van der Waals surface area contributed by atoms with Gasteiger partial charge in [0.25, 0.3) is 11.8 Å². The first kappa shape index (κ1) is 22.5. The highest BCUT2D eigenvalue weighted by molar-refractivity contribution is 7.80. The Balaban J connectivity index is 1.78. The topological polar surface area (TPSA) is 52.7 Å². The molecular weight excluding hydrogens is 442 g/mol. The lowest BCUT2D eigenvalue weighted by Crippen LogP contribution is -2.54. The van der Waals surface area contributed by atoms with E-state index in [9.17, 15) is 9.59 Å². The van der Waals surface area contributed by atoms with Gasteiger partial charge in [-0.15, -0.1) is 0 Å². The Morgan fingerprint density at radius 3 is 2.62 bits per heavy atom. The molecule has 32 heavy (non-hydrogen) atoms. The molecule has 0 bridgehead atoms. The van der Waals surface area contributed by atoms with Crippen LogP contribution in [0.15, 0.2) is 42.0 Å². The van der Waals surface area contributed by atoms with Gasteiger partial charge in [-0.2, -0.15) is 0 Å². The molecule has 2 aromatic carbocycles. The molecule has 1 N–H and O–H groups in total. The van der Waals surface area contributed by atoms with E-state index in [2.05, 4.69) is 50.2 Å². The molecule has 5 nitrogen and oxygen atoms in total. The Bertz CT molecular complexity index is 1190. The van der Waals surface area contributed by atoms with E-state index < -0.39 is 11.8 Å². The predicted octanol–water partition coefficient (Wildman–Crippen LogP) is 5.20. The average molecular weight is 468 g/mol. The van der Waals surface area contributed by atoms with E-state index in [1.54, 1.807) is 30.3 Å². The van der Waals surface area contributed by atoms with Gasteiger partial charge in [-0.05, 0) is 98.4 Å². The standard InChI is InChI=1S/C25H26ClN3O2S/c1-14-9-21-19(15(2)13-25(3,4)28(21)5)10-16(14)11-20-22(30)27-24(32)29(23(20)31)18-8-6-7-17(26)12-18/h6-12,15H,13H2,1-5H3,(H,27,30,32)/b20-11+. The van der Waals surface area contributed by atoms with Crippen molar-refractivity contribution in [3.05, 3.63) is 63.7 Å². The van der Waals surface area contributed by atoms with Crippen molar-refractivity contribution in [2.45, 2.75) is 45.6 Å². The zero-order valence-corrected chi connectivity index (χ0v) is 20.4. The van der Waals surface area contributed by atoms with Crippen LogP contribution in [0.4, 0.5) is 11.4 Å². The highest BCUT2D eigenvalue weighted by Gasteiger charge is 2.36. The molecular formula is C25H26ClN3O2S. The van der Waals surface area contributed by atoms with Crippen LogP contribution in [0.2, 0.25) is 5.02 Å². The monoisotopic (exact) mass is 467 g/mol. The van der Waals surface area contributed by atoms with Crippen molar-refractivity contribution in [3.8, 4) is 0 Å². The summed E-state index contributed by atoms with van der Waals surface area (Å²) in [5, 5.41) is 3.15. The molecule has 0 aliphatic carbocycles. The lowest BCUT2D eigenvalue weighted by Gasteiger charge is -2.45. The van der Waals surface area contributed by atoms with E-state index in [1.807, 2.05) is 6.92 Å². The smallest absolute Gasteiger partial charge is 0.270 e. The number of hydrogen-bond donors (Lipinski definition) is 1. The summed E-state index contributed by atoms with van der Waals surface area (Å²) in [4.78, 5) is 29.7. The first-order valence-electron chi connectivity index (χ1n) is 10.5. The minimum absolute atomic E-state index is 0.0405. The number of benzene rings is 2. The SMILES string of the molecule is Cc1cc2c(cc1/C=C1\C(=O)NC(=S)N(c3cccc(Cl)c3)C1=O)C(C)CC(C)(C)N2C. The lowest BCUT2D eigenvalue weighted by atomic mass is 9.79. The van der Waals surface area contributed by atoms with Gasteiger partial charge in [0.05, 0.1) is 5.69 Å². The molecule has 0 aromatic heterocycles.